The molecule has 0 bridgehead atoms. The van der Waals surface area contributed by atoms with E-state index in [2.05, 4.69) is 15.1 Å². The monoisotopic (exact) mass is 384 g/mol. The summed E-state index contributed by atoms with van der Waals surface area (Å²) in [6, 6.07) is 4.77. The van der Waals surface area contributed by atoms with Gasteiger partial charge >= 0.3 is 5.69 Å². The minimum atomic E-state index is -0.662. The molecule has 0 spiro atoms. The van der Waals surface area contributed by atoms with Gasteiger partial charge in [0, 0.05) is 30.4 Å². The van der Waals surface area contributed by atoms with E-state index in [0.717, 1.165) is 11.8 Å². The molecule has 2 atom stereocenters. The lowest BCUT2D eigenvalue weighted by Crippen LogP contribution is -2.32. The molecule has 1 aromatic carbocycles. The molecule has 0 amide bonds. The van der Waals surface area contributed by atoms with Crippen molar-refractivity contribution in [3.63, 3.8) is 0 Å². The van der Waals surface area contributed by atoms with Crippen molar-refractivity contribution in [1.29, 1.82) is 0 Å². The lowest BCUT2D eigenvalue weighted by molar-refractivity contribution is 0.361. The standard InChI is InChI=1S/C19H18F2N6O/c1-12-8-27-18(24-12)5-6-26(19(27)28)13(2)16(9-25-11-22-10-23-25)15-4-3-14(20)7-17(15)21/h3-8,10-11,13,16H,9H2,1-2H3. The van der Waals surface area contributed by atoms with Crippen LogP contribution in [0.25, 0.3) is 5.65 Å². The number of nitrogens with zero attached hydrogens (tertiary/aromatic N) is 6. The lowest BCUT2D eigenvalue weighted by atomic mass is 9.91. The highest BCUT2D eigenvalue weighted by molar-refractivity contribution is 5.38. The number of imidazole rings is 1. The molecule has 4 rings (SSSR count). The van der Waals surface area contributed by atoms with E-state index in [-0.39, 0.29) is 12.2 Å². The smallest absolute Gasteiger partial charge is 0.297 e. The highest BCUT2D eigenvalue weighted by atomic mass is 19.1. The third-order valence-electron chi connectivity index (χ3n) is 4.90. The summed E-state index contributed by atoms with van der Waals surface area (Å²) in [4.78, 5) is 21.2. The van der Waals surface area contributed by atoms with E-state index < -0.39 is 23.6 Å². The van der Waals surface area contributed by atoms with Crippen molar-refractivity contribution in [2.45, 2.75) is 32.4 Å². The highest BCUT2D eigenvalue weighted by Crippen LogP contribution is 2.31. The van der Waals surface area contributed by atoms with Crippen molar-refractivity contribution < 1.29 is 8.78 Å². The van der Waals surface area contributed by atoms with Gasteiger partial charge in [0.05, 0.1) is 12.2 Å². The van der Waals surface area contributed by atoms with Crippen LogP contribution in [-0.2, 0) is 6.54 Å². The van der Waals surface area contributed by atoms with Gasteiger partial charge < -0.3 is 0 Å². The minimum Gasteiger partial charge on any atom is -0.297 e. The fourth-order valence-corrected chi connectivity index (χ4v) is 3.47. The van der Waals surface area contributed by atoms with Crippen molar-refractivity contribution in [3.05, 3.63) is 82.7 Å². The molecule has 0 saturated heterocycles. The Kier molecular flexibility index (Phi) is 4.50. The van der Waals surface area contributed by atoms with Gasteiger partial charge in [-0.05, 0) is 31.5 Å². The average Bonchev–Trinajstić information content (AvgIpc) is 3.29. The largest absolute Gasteiger partial charge is 0.334 e. The predicted octanol–water partition coefficient (Wildman–Crippen LogP) is 2.72. The van der Waals surface area contributed by atoms with Crippen LogP contribution in [0.2, 0.25) is 0 Å². The first-order chi connectivity index (χ1) is 13.4. The third-order valence-corrected chi connectivity index (χ3v) is 4.90. The van der Waals surface area contributed by atoms with Gasteiger partial charge in [0.2, 0.25) is 0 Å². The van der Waals surface area contributed by atoms with Crippen molar-refractivity contribution >= 4 is 5.65 Å². The zero-order valence-corrected chi connectivity index (χ0v) is 15.3. The van der Waals surface area contributed by atoms with Gasteiger partial charge in [0.25, 0.3) is 0 Å². The van der Waals surface area contributed by atoms with Crippen LogP contribution < -0.4 is 5.69 Å². The zero-order valence-electron chi connectivity index (χ0n) is 15.3. The van der Waals surface area contributed by atoms with Gasteiger partial charge in [-0.3, -0.25) is 13.6 Å². The van der Waals surface area contributed by atoms with Crippen LogP contribution in [-0.4, -0.2) is 28.7 Å². The summed E-state index contributed by atoms with van der Waals surface area (Å²) >= 11 is 0. The summed E-state index contributed by atoms with van der Waals surface area (Å²) in [6.45, 7) is 3.90. The molecule has 0 aliphatic carbocycles. The first kappa shape index (κ1) is 18.0. The summed E-state index contributed by atoms with van der Waals surface area (Å²) in [6.07, 6.45) is 6.21. The Hall–Kier alpha value is -3.36. The molecule has 0 N–H and O–H groups in total. The number of fused-ring (bicyclic) bond motifs is 1. The summed E-state index contributed by atoms with van der Waals surface area (Å²) in [5, 5.41) is 4.09. The van der Waals surface area contributed by atoms with Gasteiger partial charge in [0.15, 0.2) is 0 Å². The molecule has 0 aliphatic rings. The topological polar surface area (TPSA) is 70.0 Å². The maximum atomic E-state index is 14.6. The highest BCUT2D eigenvalue weighted by Gasteiger charge is 2.26. The van der Waals surface area contributed by atoms with Crippen LogP contribution in [0.1, 0.15) is 30.1 Å². The molecule has 2 unspecified atom stereocenters. The van der Waals surface area contributed by atoms with Gasteiger partial charge in [0.1, 0.15) is 29.9 Å². The first-order valence-electron chi connectivity index (χ1n) is 8.78. The average molecular weight is 384 g/mol. The minimum absolute atomic E-state index is 0.275. The number of rotatable bonds is 5. The molecule has 3 heterocycles. The van der Waals surface area contributed by atoms with E-state index in [9.17, 15) is 13.6 Å². The molecule has 0 saturated carbocycles. The Morgan fingerprint density at radius 3 is 2.75 bits per heavy atom. The van der Waals surface area contributed by atoms with Gasteiger partial charge in [-0.15, -0.1) is 0 Å². The number of aromatic nitrogens is 6. The molecule has 9 heteroatoms. The Labute approximate surface area is 158 Å². The Balaban J connectivity index is 1.81. The zero-order chi connectivity index (χ0) is 19.8. The summed E-state index contributed by atoms with van der Waals surface area (Å²) in [5.41, 5.74) is 1.30. The normalized spacial score (nSPS) is 13.7. The maximum Gasteiger partial charge on any atom is 0.334 e. The molecule has 3 aromatic heterocycles. The molecule has 7 nitrogen and oxygen atoms in total. The van der Waals surface area contributed by atoms with E-state index in [0.29, 0.717) is 11.2 Å². The van der Waals surface area contributed by atoms with Crippen LogP contribution in [0.15, 0.2) is 54.1 Å². The SMILES string of the molecule is Cc1cn2c(=O)n(C(C)C(Cn3cncn3)c3ccc(F)cc3F)ccc2n1. The number of halogens is 2. The second-order valence-corrected chi connectivity index (χ2v) is 6.75. The number of hydrogen-bond donors (Lipinski definition) is 0. The Morgan fingerprint density at radius 1 is 1.21 bits per heavy atom. The Bertz CT molecular complexity index is 1180. The summed E-state index contributed by atoms with van der Waals surface area (Å²) in [5.74, 6) is -1.80. The molecular formula is C19H18F2N6O. The van der Waals surface area contributed by atoms with E-state index in [1.165, 1.54) is 33.8 Å². The third kappa shape index (κ3) is 3.19. The van der Waals surface area contributed by atoms with Crippen LogP contribution in [0.4, 0.5) is 8.78 Å². The fourth-order valence-electron chi connectivity index (χ4n) is 3.47. The van der Waals surface area contributed by atoms with Gasteiger partial charge in [-0.1, -0.05) is 6.07 Å². The van der Waals surface area contributed by atoms with Gasteiger partial charge in [-0.2, -0.15) is 5.10 Å². The van der Waals surface area contributed by atoms with E-state index in [4.69, 9.17) is 0 Å². The summed E-state index contributed by atoms with van der Waals surface area (Å²) in [7, 11) is 0. The molecule has 0 fully saturated rings. The van der Waals surface area contributed by atoms with E-state index >= 15 is 0 Å². The quantitative estimate of drug-likeness (QED) is 0.531. The van der Waals surface area contributed by atoms with Crippen molar-refractivity contribution in [3.8, 4) is 0 Å². The van der Waals surface area contributed by atoms with Crippen molar-refractivity contribution in [1.82, 2.24) is 28.7 Å². The molecule has 4 aromatic rings. The van der Waals surface area contributed by atoms with Crippen LogP contribution in [0.5, 0.6) is 0 Å². The fraction of sp³-hybridized carbons (Fsp3) is 0.263. The lowest BCUT2D eigenvalue weighted by Gasteiger charge is -2.26. The second-order valence-electron chi connectivity index (χ2n) is 6.75. The summed E-state index contributed by atoms with van der Waals surface area (Å²) < 4.78 is 32.5. The molecule has 28 heavy (non-hydrogen) atoms. The van der Waals surface area contributed by atoms with Crippen LogP contribution in [0.3, 0.4) is 0 Å². The van der Waals surface area contributed by atoms with Gasteiger partial charge in [-0.25, -0.2) is 23.5 Å². The van der Waals surface area contributed by atoms with Crippen LogP contribution >= 0.6 is 0 Å². The van der Waals surface area contributed by atoms with E-state index in [1.807, 2.05) is 13.8 Å². The maximum absolute atomic E-state index is 14.6. The molecule has 0 radical (unpaired) electrons. The molecule has 144 valence electrons. The Morgan fingerprint density at radius 2 is 2.04 bits per heavy atom. The number of aryl methyl sites for hydroxylation is 1. The van der Waals surface area contributed by atoms with Crippen molar-refractivity contribution in [2.75, 3.05) is 0 Å². The van der Waals surface area contributed by atoms with E-state index in [1.54, 1.807) is 23.1 Å². The first-order valence-corrected chi connectivity index (χ1v) is 8.78. The molecular weight excluding hydrogens is 366 g/mol. The molecule has 0 aliphatic heterocycles. The van der Waals surface area contributed by atoms with Crippen molar-refractivity contribution in [2.24, 2.45) is 0 Å². The number of hydrogen-bond acceptors (Lipinski definition) is 4. The number of benzene rings is 1. The van der Waals surface area contributed by atoms with Crippen LogP contribution in [0, 0.1) is 18.6 Å². The second kappa shape index (κ2) is 6.99. The predicted molar refractivity (Wildman–Crippen MR) is 98.0 cm³/mol.